The van der Waals surface area contributed by atoms with Crippen LogP contribution in [0.3, 0.4) is 0 Å². The van der Waals surface area contributed by atoms with E-state index >= 15 is 0 Å². The van der Waals surface area contributed by atoms with Crippen LogP contribution in [0.15, 0.2) is 35.5 Å². The molecule has 0 aliphatic heterocycles. The van der Waals surface area contributed by atoms with Crippen LogP contribution in [0.5, 0.6) is 5.75 Å². The van der Waals surface area contributed by atoms with Crippen molar-refractivity contribution in [1.82, 2.24) is 9.97 Å². The Morgan fingerprint density at radius 3 is 2.30 bits per heavy atom. The summed E-state index contributed by atoms with van der Waals surface area (Å²) < 4.78 is 22.6. The number of hydrogen-bond donors (Lipinski definition) is 3. The van der Waals surface area contributed by atoms with Crippen LogP contribution in [-0.4, -0.2) is 29.4 Å². The summed E-state index contributed by atoms with van der Waals surface area (Å²) >= 11 is 0. The van der Waals surface area contributed by atoms with Gasteiger partial charge in [0.1, 0.15) is 10.6 Å². The first-order chi connectivity index (χ1) is 9.32. The molecule has 0 bridgehead atoms. The Morgan fingerprint density at radius 2 is 1.80 bits per heavy atom. The molecule has 1 heterocycles. The zero-order valence-corrected chi connectivity index (χ0v) is 10.8. The molecule has 5 N–H and O–H groups in total. The highest BCUT2D eigenvalue weighted by molar-refractivity contribution is 7.89. The standard InChI is InChI=1S/C11H10N4O4S/c12-10(17)8-6(11-14-4-1-5-15-11)2-3-7(9(8)16)20(13,18)19/h1-5,16H,(H2,12,17)(H2,13,18,19). The number of sulfonamides is 1. The molecule has 8 nitrogen and oxygen atoms in total. The van der Waals surface area contributed by atoms with Crippen LogP contribution >= 0.6 is 0 Å². The number of primary amides is 1. The molecular weight excluding hydrogens is 284 g/mol. The molecule has 1 aromatic heterocycles. The largest absolute Gasteiger partial charge is 0.506 e. The van der Waals surface area contributed by atoms with Gasteiger partial charge in [-0.1, -0.05) is 0 Å². The Kier molecular flexibility index (Phi) is 3.38. The predicted octanol–water partition coefficient (Wildman–Crippen LogP) is -0.404. The number of carbonyl (C=O) groups is 1. The van der Waals surface area contributed by atoms with Gasteiger partial charge in [-0.15, -0.1) is 0 Å². The first-order valence-corrected chi connectivity index (χ1v) is 6.83. The van der Waals surface area contributed by atoms with Crippen molar-refractivity contribution in [3.63, 3.8) is 0 Å². The van der Waals surface area contributed by atoms with Crippen molar-refractivity contribution in [2.24, 2.45) is 10.9 Å². The Morgan fingerprint density at radius 1 is 1.20 bits per heavy atom. The summed E-state index contributed by atoms with van der Waals surface area (Å²) in [4.78, 5) is 18.7. The fourth-order valence-electron chi connectivity index (χ4n) is 1.68. The van der Waals surface area contributed by atoms with Crippen molar-refractivity contribution in [2.75, 3.05) is 0 Å². The first kappa shape index (κ1) is 13.9. The summed E-state index contributed by atoms with van der Waals surface area (Å²) in [6.07, 6.45) is 2.86. The summed E-state index contributed by atoms with van der Waals surface area (Å²) in [6, 6.07) is 3.88. The number of hydrogen-bond acceptors (Lipinski definition) is 6. The molecule has 0 aliphatic carbocycles. The van der Waals surface area contributed by atoms with Gasteiger partial charge < -0.3 is 10.8 Å². The van der Waals surface area contributed by atoms with Gasteiger partial charge >= 0.3 is 0 Å². The fraction of sp³-hybridized carbons (Fsp3) is 0. The second-order valence-corrected chi connectivity index (χ2v) is 5.35. The molecule has 0 atom stereocenters. The van der Waals surface area contributed by atoms with Crippen LogP contribution in [0.4, 0.5) is 0 Å². The normalized spacial score (nSPS) is 11.2. The molecule has 0 saturated heterocycles. The van der Waals surface area contributed by atoms with Gasteiger partial charge in [-0.3, -0.25) is 4.79 Å². The molecule has 1 amide bonds. The third-order valence-corrected chi connectivity index (χ3v) is 3.44. The summed E-state index contributed by atoms with van der Waals surface area (Å²) in [7, 11) is -4.19. The molecule has 104 valence electrons. The lowest BCUT2D eigenvalue weighted by atomic mass is 10.0. The van der Waals surface area contributed by atoms with Crippen LogP contribution in [0.25, 0.3) is 11.4 Å². The predicted molar refractivity (Wildman–Crippen MR) is 69.0 cm³/mol. The lowest BCUT2D eigenvalue weighted by molar-refractivity contribution is 0.0998. The van der Waals surface area contributed by atoms with E-state index in [-0.39, 0.29) is 11.4 Å². The lowest BCUT2D eigenvalue weighted by Crippen LogP contribution is -2.17. The third kappa shape index (κ3) is 2.44. The monoisotopic (exact) mass is 294 g/mol. The van der Waals surface area contributed by atoms with Gasteiger partial charge in [-0.2, -0.15) is 0 Å². The lowest BCUT2D eigenvalue weighted by Gasteiger charge is -2.10. The van der Waals surface area contributed by atoms with E-state index in [1.165, 1.54) is 18.5 Å². The average molecular weight is 294 g/mol. The Bertz CT molecular complexity index is 775. The highest BCUT2D eigenvalue weighted by atomic mass is 32.2. The van der Waals surface area contributed by atoms with Gasteiger partial charge in [0.25, 0.3) is 5.91 Å². The number of amides is 1. The molecule has 0 unspecified atom stereocenters. The summed E-state index contributed by atoms with van der Waals surface area (Å²) in [5, 5.41) is 14.9. The van der Waals surface area contributed by atoms with Gasteiger partial charge in [0.2, 0.25) is 10.0 Å². The van der Waals surface area contributed by atoms with Crippen molar-refractivity contribution in [2.45, 2.75) is 4.90 Å². The quantitative estimate of drug-likeness (QED) is 0.700. The Labute approximate surface area is 114 Å². The van der Waals surface area contributed by atoms with Crippen molar-refractivity contribution in [1.29, 1.82) is 0 Å². The molecule has 0 radical (unpaired) electrons. The van der Waals surface area contributed by atoms with Crippen LogP contribution < -0.4 is 10.9 Å². The number of rotatable bonds is 3. The minimum atomic E-state index is -4.19. The second kappa shape index (κ2) is 4.87. The molecule has 0 fully saturated rings. The average Bonchev–Trinajstić information content (AvgIpc) is 2.37. The zero-order valence-electron chi connectivity index (χ0n) is 10.0. The molecule has 1 aromatic carbocycles. The number of carbonyl (C=O) groups excluding carboxylic acids is 1. The van der Waals surface area contributed by atoms with Crippen molar-refractivity contribution >= 4 is 15.9 Å². The van der Waals surface area contributed by atoms with Crippen LogP contribution in [0, 0.1) is 0 Å². The van der Waals surface area contributed by atoms with E-state index in [9.17, 15) is 18.3 Å². The summed E-state index contributed by atoms with van der Waals surface area (Å²) in [5.41, 5.74) is 4.89. The van der Waals surface area contributed by atoms with Gasteiger partial charge in [-0.05, 0) is 18.2 Å². The number of phenols is 1. The van der Waals surface area contributed by atoms with E-state index < -0.39 is 32.1 Å². The second-order valence-electron chi connectivity index (χ2n) is 3.82. The SMILES string of the molecule is NC(=O)c1c(-c2ncccn2)ccc(S(N)(=O)=O)c1O. The first-order valence-electron chi connectivity index (χ1n) is 5.28. The van der Waals surface area contributed by atoms with Gasteiger partial charge in [0, 0.05) is 18.0 Å². The van der Waals surface area contributed by atoms with Gasteiger partial charge in [0.05, 0.1) is 5.56 Å². The smallest absolute Gasteiger partial charge is 0.253 e. The van der Waals surface area contributed by atoms with Crippen molar-refractivity contribution < 1.29 is 18.3 Å². The maximum atomic E-state index is 11.5. The van der Waals surface area contributed by atoms with Crippen LogP contribution in [0.1, 0.15) is 10.4 Å². The number of primary sulfonamides is 1. The topological polar surface area (TPSA) is 149 Å². The van der Waals surface area contributed by atoms with E-state index in [0.29, 0.717) is 0 Å². The number of aromatic hydroxyl groups is 1. The molecule has 0 spiro atoms. The number of aromatic nitrogens is 2. The van der Waals surface area contributed by atoms with Crippen molar-refractivity contribution in [3.05, 3.63) is 36.2 Å². The van der Waals surface area contributed by atoms with E-state index in [0.717, 1.165) is 6.07 Å². The summed E-state index contributed by atoms with van der Waals surface area (Å²) in [5.74, 6) is -1.71. The van der Waals surface area contributed by atoms with E-state index in [1.807, 2.05) is 0 Å². The number of nitrogens with zero attached hydrogens (tertiary/aromatic N) is 2. The van der Waals surface area contributed by atoms with Gasteiger partial charge in [0.15, 0.2) is 5.82 Å². The Balaban J connectivity index is 2.80. The highest BCUT2D eigenvalue weighted by Crippen LogP contribution is 2.32. The van der Waals surface area contributed by atoms with Crippen LogP contribution in [0.2, 0.25) is 0 Å². The zero-order chi connectivity index (χ0) is 14.9. The molecule has 0 aliphatic rings. The molecule has 9 heteroatoms. The Hall–Kier alpha value is -2.52. The minimum absolute atomic E-state index is 0.114. The number of benzene rings is 1. The fourth-order valence-corrected chi connectivity index (χ4v) is 2.30. The molecule has 0 saturated carbocycles. The molecular formula is C11H10N4O4S. The maximum absolute atomic E-state index is 11.5. The van der Waals surface area contributed by atoms with Crippen LogP contribution in [-0.2, 0) is 10.0 Å². The van der Waals surface area contributed by atoms with E-state index in [4.69, 9.17) is 10.9 Å². The number of nitrogens with two attached hydrogens (primary N) is 2. The van der Waals surface area contributed by atoms with E-state index in [1.54, 1.807) is 6.07 Å². The molecule has 20 heavy (non-hydrogen) atoms. The molecule has 2 aromatic rings. The molecule has 2 rings (SSSR count). The maximum Gasteiger partial charge on any atom is 0.253 e. The minimum Gasteiger partial charge on any atom is -0.506 e. The van der Waals surface area contributed by atoms with E-state index in [2.05, 4.69) is 9.97 Å². The van der Waals surface area contributed by atoms with Gasteiger partial charge in [-0.25, -0.2) is 23.5 Å². The highest BCUT2D eigenvalue weighted by Gasteiger charge is 2.24. The third-order valence-electron chi connectivity index (χ3n) is 2.50. The van der Waals surface area contributed by atoms with Crippen molar-refractivity contribution in [3.8, 4) is 17.1 Å². The summed E-state index contributed by atoms with van der Waals surface area (Å²) in [6.45, 7) is 0.